The van der Waals surface area contributed by atoms with E-state index in [-0.39, 0.29) is 0 Å². The van der Waals surface area contributed by atoms with Crippen molar-refractivity contribution >= 4 is 11.4 Å². The van der Waals surface area contributed by atoms with Crippen LogP contribution in [0.1, 0.15) is 13.3 Å². The highest BCUT2D eigenvalue weighted by atomic mass is 15.1. The molecule has 2 rings (SSSR count). The van der Waals surface area contributed by atoms with Gasteiger partial charge in [-0.05, 0) is 32.0 Å². The molecule has 17 heavy (non-hydrogen) atoms. The summed E-state index contributed by atoms with van der Waals surface area (Å²) < 4.78 is 0. The van der Waals surface area contributed by atoms with Crippen LogP contribution in [0.3, 0.4) is 0 Å². The Hall–Kier alpha value is -1.29. The van der Waals surface area contributed by atoms with Gasteiger partial charge in [0.05, 0.1) is 23.8 Å². The Morgan fingerprint density at radius 1 is 1.35 bits per heavy atom. The highest BCUT2D eigenvalue weighted by molar-refractivity contribution is 5.54. The predicted octanol–water partition coefficient (Wildman–Crippen LogP) is 1.88. The van der Waals surface area contributed by atoms with Gasteiger partial charge in [0.2, 0.25) is 0 Å². The van der Waals surface area contributed by atoms with Crippen LogP contribution in [0.25, 0.3) is 0 Å². The molecule has 0 bridgehead atoms. The van der Waals surface area contributed by atoms with Crippen LogP contribution in [-0.4, -0.2) is 43.1 Å². The van der Waals surface area contributed by atoms with Crippen molar-refractivity contribution in [1.82, 2.24) is 9.88 Å². The molecule has 4 nitrogen and oxygen atoms in total. The first-order valence-corrected chi connectivity index (χ1v) is 6.27. The number of pyridine rings is 1. The highest BCUT2D eigenvalue weighted by Crippen LogP contribution is 2.21. The first kappa shape index (κ1) is 12.2. The molecule has 1 saturated heterocycles. The summed E-state index contributed by atoms with van der Waals surface area (Å²) in [5.74, 6) is 0.673. The van der Waals surface area contributed by atoms with Crippen molar-refractivity contribution in [3.05, 3.63) is 18.5 Å². The van der Waals surface area contributed by atoms with E-state index in [1.807, 2.05) is 19.4 Å². The van der Waals surface area contributed by atoms with E-state index in [4.69, 9.17) is 0 Å². The molecule has 94 valence electrons. The maximum atomic E-state index is 4.23. The van der Waals surface area contributed by atoms with Crippen LogP contribution in [0, 0.1) is 5.92 Å². The summed E-state index contributed by atoms with van der Waals surface area (Å²) in [4.78, 5) is 6.62. The van der Waals surface area contributed by atoms with Crippen LogP contribution in [-0.2, 0) is 0 Å². The summed E-state index contributed by atoms with van der Waals surface area (Å²) in [6.45, 7) is 4.64. The third-order valence-corrected chi connectivity index (χ3v) is 3.49. The average molecular weight is 234 g/mol. The van der Waals surface area contributed by atoms with Gasteiger partial charge in [0.1, 0.15) is 0 Å². The molecule has 0 aliphatic carbocycles. The largest absolute Gasteiger partial charge is 0.387 e. The molecule has 0 spiro atoms. The molecule has 0 amide bonds. The molecule has 2 heterocycles. The van der Waals surface area contributed by atoms with E-state index < -0.39 is 0 Å². The maximum Gasteiger partial charge on any atom is 0.0549 e. The van der Waals surface area contributed by atoms with Gasteiger partial charge in [0.15, 0.2) is 0 Å². The minimum Gasteiger partial charge on any atom is -0.387 e. The molecule has 0 aromatic carbocycles. The van der Waals surface area contributed by atoms with Gasteiger partial charge in [-0.15, -0.1) is 0 Å². The third kappa shape index (κ3) is 3.09. The quantitative estimate of drug-likeness (QED) is 0.837. The average Bonchev–Trinajstić information content (AvgIpc) is 2.33. The van der Waals surface area contributed by atoms with Crippen LogP contribution in [0.2, 0.25) is 0 Å². The molecule has 1 aromatic heterocycles. The van der Waals surface area contributed by atoms with Crippen molar-refractivity contribution in [2.45, 2.75) is 19.4 Å². The zero-order valence-electron chi connectivity index (χ0n) is 10.9. The second kappa shape index (κ2) is 5.36. The fraction of sp³-hybridized carbons (Fsp3) is 0.615. The zero-order chi connectivity index (χ0) is 12.3. The van der Waals surface area contributed by atoms with Crippen molar-refractivity contribution in [1.29, 1.82) is 0 Å². The van der Waals surface area contributed by atoms with Crippen molar-refractivity contribution in [2.24, 2.45) is 5.92 Å². The molecule has 4 heteroatoms. The van der Waals surface area contributed by atoms with Gasteiger partial charge in [0.25, 0.3) is 0 Å². The zero-order valence-corrected chi connectivity index (χ0v) is 10.9. The fourth-order valence-electron chi connectivity index (χ4n) is 2.44. The van der Waals surface area contributed by atoms with Crippen LogP contribution >= 0.6 is 0 Å². The summed E-state index contributed by atoms with van der Waals surface area (Å²) in [5, 5.41) is 6.71. The van der Waals surface area contributed by atoms with Crippen LogP contribution in [0.15, 0.2) is 18.5 Å². The molecule has 2 N–H and O–H groups in total. The molecule has 0 saturated carbocycles. The minimum atomic E-state index is 0.556. The first-order valence-electron chi connectivity index (χ1n) is 6.27. The van der Waals surface area contributed by atoms with Gasteiger partial charge in [-0.2, -0.15) is 0 Å². The van der Waals surface area contributed by atoms with E-state index in [0.29, 0.717) is 12.0 Å². The van der Waals surface area contributed by atoms with Gasteiger partial charge in [-0.25, -0.2) is 0 Å². The van der Waals surface area contributed by atoms with E-state index in [1.54, 1.807) is 0 Å². The lowest BCUT2D eigenvalue weighted by Gasteiger charge is -2.35. The van der Waals surface area contributed by atoms with Crippen molar-refractivity contribution < 1.29 is 0 Å². The summed E-state index contributed by atoms with van der Waals surface area (Å²) >= 11 is 0. The number of nitrogens with zero attached hydrogens (tertiary/aromatic N) is 2. The van der Waals surface area contributed by atoms with Crippen LogP contribution in [0.4, 0.5) is 11.4 Å². The van der Waals surface area contributed by atoms with Gasteiger partial charge < -0.3 is 15.5 Å². The van der Waals surface area contributed by atoms with Gasteiger partial charge in [-0.1, -0.05) is 6.92 Å². The molecule has 1 aliphatic rings. The second-order valence-corrected chi connectivity index (χ2v) is 4.99. The molecular weight excluding hydrogens is 212 g/mol. The fourth-order valence-corrected chi connectivity index (χ4v) is 2.44. The number of hydrogen-bond acceptors (Lipinski definition) is 4. The molecule has 2 atom stereocenters. The molecule has 2 unspecified atom stereocenters. The molecule has 0 radical (unpaired) electrons. The number of nitrogens with one attached hydrogen (secondary N) is 2. The highest BCUT2D eigenvalue weighted by Gasteiger charge is 2.23. The van der Waals surface area contributed by atoms with Crippen molar-refractivity contribution in [2.75, 3.05) is 37.8 Å². The second-order valence-electron chi connectivity index (χ2n) is 4.99. The molecule has 1 fully saturated rings. The number of rotatable bonds is 3. The number of hydrogen-bond donors (Lipinski definition) is 2. The number of anilines is 2. The first-order chi connectivity index (χ1) is 8.19. The Balaban J connectivity index is 2.00. The van der Waals surface area contributed by atoms with Gasteiger partial charge >= 0.3 is 0 Å². The van der Waals surface area contributed by atoms with E-state index in [1.165, 1.54) is 13.0 Å². The van der Waals surface area contributed by atoms with Crippen molar-refractivity contribution in [3.8, 4) is 0 Å². The van der Waals surface area contributed by atoms with Crippen molar-refractivity contribution in [3.63, 3.8) is 0 Å². The van der Waals surface area contributed by atoms with E-state index in [0.717, 1.165) is 17.9 Å². The summed E-state index contributed by atoms with van der Waals surface area (Å²) in [5.41, 5.74) is 2.16. The third-order valence-electron chi connectivity index (χ3n) is 3.49. The Morgan fingerprint density at radius 3 is 2.82 bits per heavy atom. The standard InChI is InChI=1S/C13H22N4/c1-10-9-17(3)5-4-13(10)16-12-6-11(14-2)7-15-8-12/h6-8,10,13-14,16H,4-5,9H2,1-3H3. The molecule has 1 aliphatic heterocycles. The lowest BCUT2D eigenvalue weighted by atomic mass is 9.94. The Morgan fingerprint density at radius 2 is 2.12 bits per heavy atom. The normalized spacial score (nSPS) is 25.6. The van der Waals surface area contributed by atoms with Gasteiger partial charge in [0, 0.05) is 19.6 Å². The Kier molecular flexibility index (Phi) is 3.84. The topological polar surface area (TPSA) is 40.2 Å². The number of likely N-dealkylation sites (tertiary alicyclic amines) is 1. The summed E-state index contributed by atoms with van der Waals surface area (Å²) in [6, 6.07) is 2.66. The lowest BCUT2D eigenvalue weighted by molar-refractivity contribution is 0.206. The van der Waals surface area contributed by atoms with Crippen LogP contribution in [0.5, 0.6) is 0 Å². The lowest BCUT2D eigenvalue weighted by Crippen LogP contribution is -2.43. The van der Waals surface area contributed by atoms with E-state index >= 15 is 0 Å². The number of aromatic nitrogens is 1. The van der Waals surface area contributed by atoms with Crippen LogP contribution < -0.4 is 10.6 Å². The SMILES string of the molecule is CNc1cncc(NC2CCN(C)CC2C)c1. The van der Waals surface area contributed by atoms with E-state index in [2.05, 4.69) is 40.6 Å². The smallest absolute Gasteiger partial charge is 0.0549 e. The Bertz CT molecular complexity index is 366. The number of piperidine rings is 1. The summed E-state index contributed by atoms with van der Waals surface area (Å²) in [7, 11) is 4.11. The molecular formula is C13H22N4. The maximum absolute atomic E-state index is 4.23. The Labute approximate surface area is 103 Å². The van der Waals surface area contributed by atoms with E-state index in [9.17, 15) is 0 Å². The minimum absolute atomic E-state index is 0.556. The monoisotopic (exact) mass is 234 g/mol. The predicted molar refractivity (Wildman–Crippen MR) is 72.5 cm³/mol. The molecule has 1 aromatic rings. The van der Waals surface area contributed by atoms with Gasteiger partial charge in [-0.3, -0.25) is 4.98 Å². The summed E-state index contributed by atoms with van der Waals surface area (Å²) in [6.07, 6.45) is 4.93.